The fourth-order valence-corrected chi connectivity index (χ4v) is 1.53. The topological polar surface area (TPSA) is 30.7 Å². The zero-order valence-corrected chi connectivity index (χ0v) is 8.69. The third-order valence-corrected chi connectivity index (χ3v) is 2.79. The summed E-state index contributed by atoms with van der Waals surface area (Å²) in [6.07, 6.45) is 7.12. The van der Waals surface area contributed by atoms with Gasteiger partial charge in [0.1, 0.15) is 6.33 Å². The molecule has 0 N–H and O–H groups in total. The minimum Gasteiger partial charge on any atom is -0.290 e. The molecule has 2 heterocycles. The van der Waals surface area contributed by atoms with Crippen LogP contribution < -0.4 is 0 Å². The van der Waals surface area contributed by atoms with E-state index in [1.54, 1.807) is 18.7 Å². The molecule has 66 valence electrons. The van der Waals surface area contributed by atoms with E-state index in [4.69, 9.17) is 0 Å². The Balaban J connectivity index is 2.59. The van der Waals surface area contributed by atoms with E-state index < -0.39 is 0 Å². The smallest absolute Gasteiger partial charge is 0.152 e. The fourth-order valence-electron chi connectivity index (χ4n) is 1.09. The minimum atomic E-state index is 0.873. The molecule has 0 amide bonds. The van der Waals surface area contributed by atoms with Gasteiger partial charge in [-0.25, -0.2) is 9.97 Å². The second-order valence-electron chi connectivity index (χ2n) is 2.74. The highest BCUT2D eigenvalue weighted by Crippen LogP contribution is 2.21. The van der Waals surface area contributed by atoms with E-state index in [0.717, 1.165) is 10.3 Å². The van der Waals surface area contributed by atoms with Crippen LogP contribution in [0.3, 0.4) is 0 Å². The van der Waals surface area contributed by atoms with Gasteiger partial charge in [0.2, 0.25) is 0 Å². The molecule has 0 fully saturated rings. The predicted molar refractivity (Wildman–Crippen MR) is 53.8 cm³/mol. The van der Waals surface area contributed by atoms with Crippen LogP contribution in [0.15, 0.2) is 35.5 Å². The van der Waals surface area contributed by atoms with Gasteiger partial charge in [-0.3, -0.25) is 4.57 Å². The van der Waals surface area contributed by atoms with Crippen LogP contribution in [0.4, 0.5) is 0 Å². The number of hydrogen-bond donors (Lipinski definition) is 0. The molecular weight excluding hydrogens is 230 g/mol. The Hall–Kier alpha value is -1.16. The van der Waals surface area contributed by atoms with Crippen molar-refractivity contribution in [2.45, 2.75) is 6.92 Å². The number of rotatable bonds is 1. The Labute approximate surface area is 84.6 Å². The van der Waals surface area contributed by atoms with E-state index in [2.05, 4.69) is 25.9 Å². The van der Waals surface area contributed by atoms with Crippen molar-refractivity contribution in [3.05, 3.63) is 41.0 Å². The van der Waals surface area contributed by atoms with Gasteiger partial charge in [0.05, 0.1) is 4.47 Å². The van der Waals surface area contributed by atoms with E-state index in [1.807, 2.05) is 23.8 Å². The molecule has 0 spiro atoms. The van der Waals surface area contributed by atoms with E-state index in [0.29, 0.717) is 0 Å². The lowest BCUT2D eigenvalue weighted by Gasteiger charge is -2.05. The van der Waals surface area contributed by atoms with Gasteiger partial charge in [-0.15, -0.1) is 0 Å². The van der Waals surface area contributed by atoms with Crippen molar-refractivity contribution >= 4 is 15.9 Å². The summed E-state index contributed by atoms with van der Waals surface area (Å²) < 4.78 is 2.88. The first-order chi connectivity index (χ1) is 6.29. The largest absolute Gasteiger partial charge is 0.290 e. The quantitative estimate of drug-likeness (QED) is 0.763. The molecule has 2 rings (SSSR count). The molecule has 0 unspecified atom stereocenters. The maximum atomic E-state index is 4.26. The summed E-state index contributed by atoms with van der Waals surface area (Å²) in [7, 11) is 0. The van der Waals surface area contributed by atoms with Crippen LogP contribution in [0.1, 0.15) is 5.56 Å². The van der Waals surface area contributed by atoms with Crippen molar-refractivity contribution in [2.24, 2.45) is 0 Å². The molecular formula is C9H8BrN3. The van der Waals surface area contributed by atoms with Crippen LogP contribution in [0, 0.1) is 6.92 Å². The molecule has 4 heteroatoms. The van der Waals surface area contributed by atoms with E-state index in [1.165, 1.54) is 5.56 Å². The summed E-state index contributed by atoms with van der Waals surface area (Å²) in [5, 5.41) is 0. The number of aryl methyl sites for hydroxylation is 1. The highest BCUT2D eigenvalue weighted by molar-refractivity contribution is 9.10. The molecule has 2 aromatic heterocycles. The fraction of sp³-hybridized carbons (Fsp3) is 0.111. The second kappa shape index (κ2) is 3.30. The Morgan fingerprint density at radius 2 is 2.23 bits per heavy atom. The summed E-state index contributed by atoms with van der Waals surface area (Å²) >= 11 is 3.49. The monoisotopic (exact) mass is 237 g/mol. The van der Waals surface area contributed by atoms with Crippen LogP contribution in [-0.2, 0) is 0 Å². The lowest BCUT2D eigenvalue weighted by molar-refractivity contribution is 0.978. The van der Waals surface area contributed by atoms with Gasteiger partial charge in [0, 0.05) is 18.6 Å². The van der Waals surface area contributed by atoms with Gasteiger partial charge >= 0.3 is 0 Å². The molecule has 0 atom stereocenters. The Morgan fingerprint density at radius 1 is 1.38 bits per heavy atom. The average Bonchev–Trinajstić information content (AvgIpc) is 2.62. The molecule has 0 aliphatic heterocycles. The Kier molecular flexibility index (Phi) is 2.14. The van der Waals surface area contributed by atoms with Crippen molar-refractivity contribution in [2.75, 3.05) is 0 Å². The van der Waals surface area contributed by atoms with Crippen molar-refractivity contribution in [3.8, 4) is 5.82 Å². The minimum absolute atomic E-state index is 0.873. The Morgan fingerprint density at radius 3 is 2.92 bits per heavy atom. The SMILES string of the molecule is Cc1ccnc(-n2ccnc2)c1Br. The van der Waals surface area contributed by atoms with Crippen molar-refractivity contribution < 1.29 is 0 Å². The number of nitrogens with zero attached hydrogens (tertiary/aromatic N) is 3. The zero-order valence-electron chi connectivity index (χ0n) is 7.11. The molecule has 0 aliphatic rings. The lowest BCUT2D eigenvalue weighted by atomic mass is 10.3. The molecule has 0 bridgehead atoms. The highest BCUT2D eigenvalue weighted by atomic mass is 79.9. The van der Waals surface area contributed by atoms with Crippen molar-refractivity contribution in [1.82, 2.24) is 14.5 Å². The highest BCUT2D eigenvalue weighted by Gasteiger charge is 2.04. The lowest BCUT2D eigenvalue weighted by Crippen LogP contribution is -1.96. The van der Waals surface area contributed by atoms with Gasteiger partial charge in [-0.2, -0.15) is 0 Å². The molecule has 2 aromatic rings. The summed E-state index contributed by atoms with van der Waals surface area (Å²) in [6.45, 7) is 2.03. The van der Waals surface area contributed by atoms with E-state index in [-0.39, 0.29) is 0 Å². The summed E-state index contributed by atoms with van der Waals surface area (Å²) in [5.74, 6) is 0.873. The Bertz CT molecular complexity index is 409. The van der Waals surface area contributed by atoms with Gasteiger partial charge in [-0.05, 0) is 34.5 Å². The predicted octanol–water partition coefficient (Wildman–Crippen LogP) is 2.34. The molecule has 0 saturated carbocycles. The van der Waals surface area contributed by atoms with Gasteiger partial charge < -0.3 is 0 Å². The number of halogens is 1. The first-order valence-corrected chi connectivity index (χ1v) is 4.68. The molecule has 3 nitrogen and oxygen atoms in total. The normalized spacial score (nSPS) is 10.3. The van der Waals surface area contributed by atoms with Crippen LogP contribution in [0.5, 0.6) is 0 Å². The van der Waals surface area contributed by atoms with Crippen molar-refractivity contribution in [1.29, 1.82) is 0 Å². The van der Waals surface area contributed by atoms with Crippen LogP contribution >= 0.6 is 15.9 Å². The van der Waals surface area contributed by atoms with Gasteiger partial charge in [0.15, 0.2) is 5.82 Å². The average molecular weight is 238 g/mol. The first-order valence-electron chi connectivity index (χ1n) is 3.88. The number of imidazole rings is 1. The van der Waals surface area contributed by atoms with Crippen molar-refractivity contribution in [3.63, 3.8) is 0 Å². The van der Waals surface area contributed by atoms with E-state index in [9.17, 15) is 0 Å². The number of hydrogen-bond acceptors (Lipinski definition) is 2. The molecule has 13 heavy (non-hydrogen) atoms. The van der Waals surface area contributed by atoms with Gasteiger partial charge in [0.25, 0.3) is 0 Å². The van der Waals surface area contributed by atoms with E-state index >= 15 is 0 Å². The van der Waals surface area contributed by atoms with Crippen LogP contribution in [0.25, 0.3) is 5.82 Å². The maximum Gasteiger partial charge on any atom is 0.152 e. The standard InChI is InChI=1S/C9H8BrN3/c1-7-2-3-12-9(8(7)10)13-5-4-11-6-13/h2-6H,1H3. The third kappa shape index (κ3) is 1.49. The summed E-state index contributed by atoms with van der Waals surface area (Å²) in [6, 6.07) is 1.96. The molecule has 0 aliphatic carbocycles. The number of aromatic nitrogens is 3. The molecule has 0 aromatic carbocycles. The van der Waals surface area contributed by atoms with Gasteiger partial charge in [-0.1, -0.05) is 0 Å². The third-order valence-electron chi connectivity index (χ3n) is 1.81. The first kappa shape index (κ1) is 8.44. The molecule has 0 radical (unpaired) electrons. The van der Waals surface area contributed by atoms with Crippen LogP contribution in [0.2, 0.25) is 0 Å². The maximum absolute atomic E-state index is 4.26. The zero-order chi connectivity index (χ0) is 9.26. The molecule has 0 saturated heterocycles. The summed E-state index contributed by atoms with van der Waals surface area (Å²) in [5.41, 5.74) is 1.17. The summed E-state index contributed by atoms with van der Waals surface area (Å²) in [4.78, 5) is 8.23. The van der Waals surface area contributed by atoms with Crippen LogP contribution in [-0.4, -0.2) is 14.5 Å². The number of pyridine rings is 1. The second-order valence-corrected chi connectivity index (χ2v) is 3.53.